The summed E-state index contributed by atoms with van der Waals surface area (Å²) >= 11 is 4.72. The predicted molar refractivity (Wildman–Crippen MR) is 126 cm³/mol. The van der Waals surface area contributed by atoms with Crippen molar-refractivity contribution in [1.29, 1.82) is 0 Å². The molecule has 0 bridgehead atoms. The molecule has 0 radical (unpaired) electrons. The molecular formula is C22H23BrN4O3S. The highest BCUT2D eigenvalue weighted by atomic mass is 79.9. The number of hydrogen-bond acceptors (Lipinski definition) is 6. The molecule has 1 amide bonds. The molecule has 1 N–H and O–H groups in total. The highest BCUT2D eigenvalue weighted by Gasteiger charge is 2.20. The number of hydrogen-bond donors (Lipinski definition) is 1. The number of ether oxygens (including phenoxy) is 2. The van der Waals surface area contributed by atoms with Gasteiger partial charge in [0.1, 0.15) is 11.5 Å². The number of carbonyl (C=O) groups is 1. The van der Waals surface area contributed by atoms with Crippen LogP contribution in [-0.4, -0.2) is 33.5 Å². The van der Waals surface area contributed by atoms with Gasteiger partial charge in [0, 0.05) is 11.0 Å². The molecule has 9 heteroatoms. The van der Waals surface area contributed by atoms with E-state index in [0.717, 1.165) is 10.2 Å². The fraction of sp³-hybridized carbons (Fsp3) is 0.227. The van der Waals surface area contributed by atoms with Gasteiger partial charge in [-0.25, -0.2) is 0 Å². The van der Waals surface area contributed by atoms with Crippen molar-refractivity contribution in [3.63, 3.8) is 0 Å². The van der Waals surface area contributed by atoms with E-state index in [1.807, 2.05) is 47.9 Å². The number of methoxy groups -OCH3 is 1. The molecule has 3 aromatic rings. The van der Waals surface area contributed by atoms with Gasteiger partial charge in [0.15, 0.2) is 17.1 Å². The molecule has 7 nitrogen and oxygen atoms in total. The van der Waals surface area contributed by atoms with Crippen molar-refractivity contribution in [2.24, 2.45) is 0 Å². The Kier molecular flexibility index (Phi) is 8.13. The van der Waals surface area contributed by atoms with Crippen LogP contribution < -0.4 is 14.8 Å². The molecule has 1 unspecified atom stereocenters. The summed E-state index contributed by atoms with van der Waals surface area (Å²) in [6.45, 7) is 6.23. The number of amides is 1. The van der Waals surface area contributed by atoms with E-state index in [0.29, 0.717) is 29.0 Å². The van der Waals surface area contributed by atoms with Crippen LogP contribution in [0, 0.1) is 0 Å². The minimum Gasteiger partial charge on any atom is -0.495 e. The van der Waals surface area contributed by atoms with Crippen molar-refractivity contribution in [1.82, 2.24) is 14.8 Å². The fourth-order valence-corrected chi connectivity index (χ4v) is 3.86. The van der Waals surface area contributed by atoms with Crippen molar-refractivity contribution >= 4 is 39.3 Å². The number of carbonyl (C=O) groups excluding carboxylic acids is 1. The maximum atomic E-state index is 12.4. The molecule has 0 saturated heterocycles. The number of benzene rings is 2. The van der Waals surface area contributed by atoms with Gasteiger partial charge >= 0.3 is 0 Å². The lowest BCUT2D eigenvalue weighted by molar-refractivity contribution is -0.113. The largest absolute Gasteiger partial charge is 0.495 e. The second-order valence-electron chi connectivity index (χ2n) is 6.49. The first-order chi connectivity index (χ1) is 15.0. The Morgan fingerprint density at radius 3 is 2.71 bits per heavy atom. The van der Waals surface area contributed by atoms with Crippen LogP contribution in [-0.2, 0) is 11.3 Å². The van der Waals surface area contributed by atoms with Gasteiger partial charge in [-0.2, -0.15) is 0 Å². The lowest BCUT2D eigenvalue weighted by atomic mass is 10.3. The van der Waals surface area contributed by atoms with E-state index < -0.39 is 0 Å². The number of allylic oxidation sites excluding steroid dienone is 1. The Hall–Kier alpha value is -2.78. The summed E-state index contributed by atoms with van der Waals surface area (Å²) in [6.07, 6.45) is 1.43. The van der Waals surface area contributed by atoms with Crippen LogP contribution in [0.5, 0.6) is 11.5 Å². The van der Waals surface area contributed by atoms with Gasteiger partial charge in [-0.1, -0.05) is 45.9 Å². The van der Waals surface area contributed by atoms with Crippen LogP contribution in [0.15, 0.2) is 70.8 Å². The lowest BCUT2D eigenvalue weighted by Crippen LogP contribution is -2.16. The average Bonchev–Trinajstić information content (AvgIpc) is 3.17. The van der Waals surface area contributed by atoms with E-state index in [1.54, 1.807) is 25.3 Å². The minimum atomic E-state index is -0.328. The van der Waals surface area contributed by atoms with Crippen LogP contribution >= 0.6 is 27.7 Å². The normalized spacial score (nSPS) is 11.6. The van der Waals surface area contributed by atoms with Crippen molar-refractivity contribution in [3.8, 4) is 11.5 Å². The number of nitrogens with one attached hydrogen (secondary N) is 1. The SMILES string of the molecule is C=CCn1c(SCC(=O)Nc2ccccc2OC)nnc1C(C)Oc1ccc(Br)cc1. The zero-order chi connectivity index (χ0) is 22.2. The summed E-state index contributed by atoms with van der Waals surface area (Å²) in [5, 5.41) is 12.0. The average molecular weight is 503 g/mol. The molecule has 0 aliphatic heterocycles. The third-order valence-electron chi connectivity index (χ3n) is 4.26. The molecule has 162 valence electrons. The molecule has 1 atom stereocenters. The van der Waals surface area contributed by atoms with Crippen LogP contribution in [0.2, 0.25) is 0 Å². The predicted octanol–water partition coefficient (Wildman–Crippen LogP) is 5.11. The minimum absolute atomic E-state index is 0.164. The second kappa shape index (κ2) is 11.0. The van der Waals surface area contributed by atoms with E-state index in [-0.39, 0.29) is 17.8 Å². The van der Waals surface area contributed by atoms with Gasteiger partial charge < -0.3 is 14.8 Å². The number of halogens is 1. The highest BCUT2D eigenvalue weighted by molar-refractivity contribution is 9.10. The van der Waals surface area contributed by atoms with E-state index in [1.165, 1.54) is 11.8 Å². The zero-order valence-corrected chi connectivity index (χ0v) is 19.6. The van der Waals surface area contributed by atoms with Gasteiger partial charge in [-0.3, -0.25) is 9.36 Å². The number of aromatic nitrogens is 3. The van der Waals surface area contributed by atoms with Crippen LogP contribution in [0.25, 0.3) is 0 Å². The van der Waals surface area contributed by atoms with E-state index in [9.17, 15) is 4.79 Å². The molecule has 3 rings (SSSR count). The van der Waals surface area contributed by atoms with Gasteiger partial charge in [-0.15, -0.1) is 16.8 Å². The molecular weight excluding hydrogens is 480 g/mol. The molecule has 0 fully saturated rings. The third kappa shape index (κ3) is 6.11. The number of nitrogens with zero attached hydrogens (tertiary/aromatic N) is 3. The fourth-order valence-electron chi connectivity index (χ4n) is 2.84. The summed E-state index contributed by atoms with van der Waals surface area (Å²) in [6, 6.07) is 14.9. The van der Waals surface area contributed by atoms with E-state index >= 15 is 0 Å². The van der Waals surface area contributed by atoms with Gasteiger partial charge in [0.25, 0.3) is 0 Å². The highest BCUT2D eigenvalue weighted by Crippen LogP contribution is 2.27. The summed E-state index contributed by atoms with van der Waals surface area (Å²) in [4.78, 5) is 12.4. The van der Waals surface area contributed by atoms with Crippen LogP contribution in [0.1, 0.15) is 18.9 Å². The van der Waals surface area contributed by atoms with Crippen molar-refractivity contribution < 1.29 is 14.3 Å². The van der Waals surface area contributed by atoms with Crippen molar-refractivity contribution in [3.05, 3.63) is 71.5 Å². The molecule has 0 saturated carbocycles. The molecule has 1 aromatic heterocycles. The molecule has 2 aromatic carbocycles. The first-order valence-corrected chi connectivity index (χ1v) is 11.3. The molecule has 31 heavy (non-hydrogen) atoms. The molecule has 0 aliphatic rings. The maximum absolute atomic E-state index is 12.4. The van der Waals surface area contributed by atoms with E-state index in [4.69, 9.17) is 9.47 Å². The van der Waals surface area contributed by atoms with Crippen molar-refractivity contribution in [2.75, 3.05) is 18.2 Å². The molecule has 0 spiro atoms. The quantitative estimate of drug-likeness (QED) is 0.306. The Morgan fingerprint density at radius 1 is 1.26 bits per heavy atom. The number of rotatable bonds is 10. The third-order valence-corrected chi connectivity index (χ3v) is 5.76. The summed E-state index contributed by atoms with van der Waals surface area (Å²) in [7, 11) is 1.57. The monoisotopic (exact) mass is 502 g/mol. The molecule has 0 aliphatic carbocycles. The van der Waals surface area contributed by atoms with Crippen LogP contribution in [0.4, 0.5) is 5.69 Å². The number of anilines is 1. The zero-order valence-electron chi connectivity index (χ0n) is 17.2. The second-order valence-corrected chi connectivity index (χ2v) is 8.35. The lowest BCUT2D eigenvalue weighted by Gasteiger charge is -2.16. The van der Waals surface area contributed by atoms with E-state index in [2.05, 4.69) is 38.0 Å². The van der Waals surface area contributed by atoms with Gasteiger partial charge in [-0.05, 0) is 43.3 Å². The first-order valence-electron chi connectivity index (χ1n) is 9.53. The van der Waals surface area contributed by atoms with Gasteiger partial charge in [0.2, 0.25) is 5.91 Å². The maximum Gasteiger partial charge on any atom is 0.234 e. The summed E-state index contributed by atoms with van der Waals surface area (Å²) in [5.74, 6) is 2.01. The molecule has 1 heterocycles. The standard InChI is InChI=1S/C22H23BrN4O3S/c1-4-13-27-21(15(2)30-17-11-9-16(23)10-12-17)25-26-22(27)31-14-20(28)24-18-7-5-6-8-19(18)29-3/h4-12,15H,1,13-14H2,2-3H3,(H,24,28). The summed E-state index contributed by atoms with van der Waals surface area (Å²) < 4.78 is 14.2. The number of para-hydroxylation sites is 2. The smallest absolute Gasteiger partial charge is 0.234 e. The Morgan fingerprint density at radius 2 is 2.00 bits per heavy atom. The first kappa shape index (κ1) is 22.9. The summed E-state index contributed by atoms with van der Waals surface area (Å²) in [5.41, 5.74) is 0.625. The van der Waals surface area contributed by atoms with Gasteiger partial charge in [0.05, 0.1) is 18.6 Å². The Bertz CT molecular complexity index is 1040. The Labute approximate surface area is 194 Å². The Balaban J connectivity index is 1.67. The van der Waals surface area contributed by atoms with Crippen LogP contribution in [0.3, 0.4) is 0 Å². The van der Waals surface area contributed by atoms with Crippen molar-refractivity contribution in [2.45, 2.75) is 24.7 Å². The number of thioether (sulfide) groups is 1. The topological polar surface area (TPSA) is 78.3 Å².